The van der Waals surface area contributed by atoms with Crippen LogP contribution < -0.4 is 20.9 Å². The van der Waals surface area contributed by atoms with Gasteiger partial charge in [-0.3, -0.25) is 19.9 Å². The van der Waals surface area contributed by atoms with Crippen LogP contribution in [-0.4, -0.2) is 33.0 Å². The average molecular weight is 459 g/mol. The number of benzene rings is 2. The number of amides is 1. The van der Waals surface area contributed by atoms with Gasteiger partial charge in [-0.2, -0.15) is 0 Å². The van der Waals surface area contributed by atoms with E-state index in [9.17, 15) is 9.59 Å². The molecule has 0 aliphatic rings. The Hall–Kier alpha value is -4.44. The Morgan fingerprint density at radius 3 is 2.73 bits per heavy atom. The summed E-state index contributed by atoms with van der Waals surface area (Å²) in [6.45, 7) is 0. The number of anilines is 3. The van der Waals surface area contributed by atoms with Gasteiger partial charge in [-0.05, 0) is 35.7 Å². The summed E-state index contributed by atoms with van der Waals surface area (Å²) < 4.78 is 5.23. The van der Waals surface area contributed by atoms with Crippen LogP contribution in [0.1, 0.15) is 9.67 Å². The number of aromatic nitrogens is 4. The number of imidazole rings is 1. The number of carbonyl (C=O) groups is 1. The first-order chi connectivity index (χ1) is 16.1. The molecule has 3 aromatic heterocycles. The molecule has 9 nitrogen and oxygen atoms in total. The van der Waals surface area contributed by atoms with E-state index in [2.05, 4.69) is 30.6 Å². The molecule has 5 rings (SSSR count). The number of aromatic amines is 2. The van der Waals surface area contributed by atoms with Crippen molar-refractivity contribution in [2.75, 3.05) is 17.7 Å². The quantitative estimate of drug-likeness (QED) is 0.299. The van der Waals surface area contributed by atoms with Gasteiger partial charge in [-0.25, -0.2) is 9.97 Å². The maximum Gasteiger partial charge on any atom is 0.268 e. The summed E-state index contributed by atoms with van der Waals surface area (Å²) in [6, 6.07) is 17.8. The van der Waals surface area contributed by atoms with Crippen molar-refractivity contribution < 1.29 is 9.53 Å². The zero-order valence-electron chi connectivity index (χ0n) is 17.4. The van der Waals surface area contributed by atoms with E-state index in [1.54, 1.807) is 25.3 Å². The van der Waals surface area contributed by atoms with Gasteiger partial charge in [0.25, 0.3) is 11.5 Å². The second-order valence-electron chi connectivity index (χ2n) is 7.08. The monoisotopic (exact) mass is 458 g/mol. The number of methoxy groups -OCH3 is 1. The molecule has 0 unspecified atom stereocenters. The first-order valence-electron chi connectivity index (χ1n) is 9.95. The van der Waals surface area contributed by atoms with E-state index >= 15 is 0 Å². The van der Waals surface area contributed by atoms with Crippen molar-refractivity contribution in [1.29, 1.82) is 0 Å². The van der Waals surface area contributed by atoms with Crippen LogP contribution >= 0.6 is 11.3 Å². The molecule has 4 N–H and O–H groups in total. The van der Waals surface area contributed by atoms with E-state index in [0.29, 0.717) is 39.3 Å². The third kappa shape index (κ3) is 4.46. The molecule has 10 heteroatoms. The number of fused-ring (bicyclic) bond motifs is 1. The van der Waals surface area contributed by atoms with Crippen molar-refractivity contribution in [2.45, 2.75) is 0 Å². The Morgan fingerprint density at radius 1 is 1.00 bits per heavy atom. The smallest absolute Gasteiger partial charge is 0.268 e. The summed E-state index contributed by atoms with van der Waals surface area (Å²) in [6.07, 6.45) is 0. The van der Waals surface area contributed by atoms with Crippen molar-refractivity contribution >= 4 is 45.9 Å². The van der Waals surface area contributed by atoms with Crippen LogP contribution in [0, 0.1) is 0 Å². The van der Waals surface area contributed by atoms with Crippen molar-refractivity contribution in [1.82, 2.24) is 19.9 Å². The topological polar surface area (TPSA) is 125 Å². The van der Waals surface area contributed by atoms with Crippen LogP contribution in [0.15, 0.2) is 70.8 Å². The number of hydrogen-bond acceptors (Lipinski definition) is 7. The van der Waals surface area contributed by atoms with Gasteiger partial charge in [0.15, 0.2) is 0 Å². The third-order valence-corrected chi connectivity index (χ3v) is 5.70. The molecule has 0 spiro atoms. The second-order valence-corrected chi connectivity index (χ2v) is 8.03. The predicted molar refractivity (Wildman–Crippen MR) is 128 cm³/mol. The Kier molecular flexibility index (Phi) is 5.33. The van der Waals surface area contributed by atoms with Gasteiger partial charge in [0.05, 0.1) is 28.7 Å². The summed E-state index contributed by atoms with van der Waals surface area (Å²) in [5, 5.41) is 7.69. The van der Waals surface area contributed by atoms with Crippen molar-refractivity contribution in [3.05, 3.63) is 81.3 Å². The molecule has 0 saturated carbocycles. The van der Waals surface area contributed by atoms with Crippen molar-refractivity contribution in [3.8, 4) is 17.0 Å². The normalized spacial score (nSPS) is 10.8. The Bertz CT molecular complexity index is 1510. The minimum absolute atomic E-state index is 0.228. The number of hydrogen-bond donors (Lipinski definition) is 4. The van der Waals surface area contributed by atoms with Crippen LogP contribution in [0.3, 0.4) is 0 Å². The standard InChI is InChI=1S/C23H18N6O3S/c1-32-15-5-2-4-14(11-15)24-22-26-17(12-20(30)28-22)13-7-8-16-18(10-13)27-23(25-16)29-21(31)19-6-3-9-33-19/h2-12H,1H3,(H2,24,26,28,30)(H2,25,27,29,31). The zero-order chi connectivity index (χ0) is 22.8. The predicted octanol–water partition coefficient (Wildman–Crippen LogP) is 4.38. The minimum Gasteiger partial charge on any atom is -0.497 e. The van der Waals surface area contributed by atoms with E-state index in [1.165, 1.54) is 17.4 Å². The highest BCUT2D eigenvalue weighted by Gasteiger charge is 2.12. The van der Waals surface area contributed by atoms with E-state index < -0.39 is 0 Å². The molecule has 0 fully saturated rings. The van der Waals surface area contributed by atoms with Gasteiger partial charge >= 0.3 is 0 Å². The van der Waals surface area contributed by atoms with E-state index in [0.717, 1.165) is 11.3 Å². The van der Waals surface area contributed by atoms with Crippen LogP contribution in [-0.2, 0) is 0 Å². The molecule has 3 heterocycles. The number of rotatable bonds is 6. The first-order valence-corrected chi connectivity index (χ1v) is 10.8. The highest BCUT2D eigenvalue weighted by Crippen LogP contribution is 2.24. The number of nitrogens with one attached hydrogen (secondary N) is 4. The zero-order valence-corrected chi connectivity index (χ0v) is 18.2. The fourth-order valence-electron chi connectivity index (χ4n) is 3.31. The molecule has 1 amide bonds. The second kappa shape index (κ2) is 8.60. The van der Waals surface area contributed by atoms with Gasteiger partial charge < -0.3 is 15.0 Å². The lowest BCUT2D eigenvalue weighted by Crippen LogP contribution is -2.11. The number of ether oxygens (including phenoxy) is 1. The van der Waals surface area contributed by atoms with E-state index in [4.69, 9.17) is 4.74 Å². The summed E-state index contributed by atoms with van der Waals surface area (Å²) in [5.41, 5.74) is 3.04. The highest BCUT2D eigenvalue weighted by molar-refractivity contribution is 7.12. The molecule has 0 aliphatic carbocycles. The molecule has 0 radical (unpaired) electrons. The lowest BCUT2D eigenvalue weighted by atomic mass is 10.1. The number of thiophene rings is 1. The maximum atomic E-state index is 12.3. The Morgan fingerprint density at radius 2 is 1.91 bits per heavy atom. The lowest BCUT2D eigenvalue weighted by Gasteiger charge is -2.08. The fraction of sp³-hybridized carbons (Fsp3) is 0.0435. The molecule has 5 aromatic rings. The molecule has 164 valence electrons. The van der Waals surface area contributed by atoms with Crippen LogP contribution in [0.5, 0.6) is 5.75 Å². The lowest BCUT2D eigenvalue weighted by molar-refractivity contribution is 0.103. The van der Waals surface area contributed by atoms with E-state index in [-0.39, 0.29) is 11.5 Å². The molecule has 2 aromatic carbocycles. The summed E-state index contributed by atoms with van der Waals surface area (Å²) in [7, 11) is 1.59. The minimum atomic E-state index is -0.293. The number of nitrogens with zero attached hydrogens (tertiary/aromatic N) is 2. The number of carbonyl (C=O) groups excluding carboxylic acids is 1. The molecule has 0 atom stereocenters. The largest absolute Gasteiger partial charge is 0.497 e. The fourth-order valence-corrected chi connectivity index (χ4v) is 3.93. The van der Waals surface area contributed by atoms with Gasteiger partial charge in [-0.15, -0.1) is 11.3 Å². The molecule has 0 aliphatic heterocycles. The van der Waals surface area contributed by atoms with Gasteiger partial charge in [0.2, 0.25) is 11.9 Å². The van der Waals surface area contributed by atoms with Crippen molar-refractivity contribution in [2.24, 2.45) is 0 Å². The third-order valence-electron chi connectivity index (χ3n) is 4.83. The average Bonchev–Trinajstić information content (AvgIpc) is 3.48. The van der Waals surface area contributed by atoms with Crippen LogP contribution in [0.2, 0.25) is 0 Å². The Labute approximate surface area is 191 Å². The molecule has 33 heavy (non-hydrogen) atoms. The Balaban J connectivity index is 1.42. The van der Waals surface area contributed by atoms with Crippen LogP contribution in [0.4, 0.5) is 17.6 Å². The van der Waals surface area contributed by atoms with Gasteiger partial charge in [-0.1, -0.05) is 18.2 Å². The molecule has 0 saturated heterocycles. The maximum absolute atomic E-state index is 12.3. The van der Waals surface area contributed by atoms with Gasteiger partial charge in [0.1, 0.15) is 5.75 Å². The SMILES string of the molecule is COc1cccc(Nc2nc(-c3ccc4nc(NC(=O)c5cccs5)[nH]c4c3)cc(=O)[nH]2)c1. The highest BCUT2D eigenvalue weighted by atomic mass is 32.1. The summed E-state index contributed by atoms with van der Waals surface area (Å²) >= 11 is 1.35. The molecular formula is C23H18N6O3S. The summed E-state index contributed by atoms with van der Waals surface area (Å²) in [4.78, 5) is 39.9. The number of H-pyrrole nitrogens is 2. The van der Waals surface area contributed by atoms with Gasteiger partial charge in [0, 0.05) is 23.4 Å². The van der Waals surface area contributed by atoms with Crippen LogP contribution in [0.25, 0.3) is 22.3 Å². The van der Waals surface area contributed by atoms with E-state index in [1.807, 2.05) is 41.8 Å². The van der Waals surface area contributed by atoms with Crippen molar-refractivity contribution in [3.63, 3.8) is 0 Å². The first kappa shape index (κ1) is 20.5. The molecule has 0 bridgehead atoms. The summed E-state index contributed by atoms with van der Waals surface area (Å²) in [5.74, 6) is 1.11. The molecular weight excluding hydrogens is 440 g/mol.